The first-order valence-corrected chi connectivity index (χ1v) is 7.36. The van der Waals surface area contributed by atoms with E-state index in [-0.39, 0.29) is 10.5 Å². The van der Waals surface area contributed by atoms with Crippen LogP contribution in [0.15, 0.2) is 18.5 Å². The zero-order chi connectivity index (χ0) is 11.9. The van der Waals surface area contributed by atoms with Crippen LogP contribution in [-0.2, 0) is 16.4 Å². The summed E-state index contributed by atoms with van der Waals surface area (Å²) in [6.07, 6.45) is 7.44. The highest BCUT2D eigenvalue weighted by Crippen LogP contribution is 2.43. The van der Waals surface area contributed by atoms with Crippen molar-refractivity contribution in [2.75, 3.05) is 0 Å². The monoisotopic (exact) mass is 252 g/mol. The van der Waals surface area contributed by atoms with Gasteiger partial charge in [0.15, 0.2) is 5.82 Å². The van der Waals surface area contributed by atoms with Gasteiger partial charge in [0.05, 0.1) is 0 Å². The standard InChI is InChI=1S/C12H16N2O2S/c15-12(11-13-5-2-6-14-11)7-9-3-1-4-10(8-12)17(9)16/h2,5-6,9-10,15H,1,3-4,7-8H2. The van der Waals surface area contributed by atoms with E-state index in [1.807, 2.05) is 0 Å². The Morgan fingerprint density at radius 3 is 2.41 bits per heavy atom. The van der Waals surface area contributed by atoms with E-state index in [0.29, 0.717) is 18.7 Å². The largest absolute Gasteiger partial charge is 0.382 e. The van der Waals surface area contributed by atoms with Crippen molar-refractivity contribution in [2.24, 2.45) is 0 Å². The molecule has 1 aromatic heterocycles. The van der Waals surface area contributed by atoms with Crippen LogP contribution >= 0.6 is 0 Å². The summed E-state index contributed by atoms with van der Waals surface area (Å²) < 4.78 is 12.1. The maximum absolute atomic E-state index is 12.1. The topological polar surface area (TPSA) is 63.1 Å². The number of fused-ring (bicyclic) bond motifs is 2. The van der Waals surface area contributed by atoms with Crippen molar-refractivity contribution < 1.29 is 9.32 Å². The molecule has 1 aromatic rings. The molecule has 1 N–H and O–H groups in total. The first kappa shape index (κ1) is 11.3. The second-order valence-electron chi connectivity index (χ2n) is 5.02. The van der Waals surface area contributed by atoms with Gasteiger partial charge in [-0.2, -0.15) is 0 Å². The second kappa shape index (κ2) is 4.14. The molecule has 4 nitrogen and oxygen atoms in total. The van der Waals surface area contributed by atoms with Gasteiger partial charge in [-0.25, -0.2) is 9.97 Å². The summed E-state index contributed by atoms with van der Waals surface area (Å²) in [7, 11) is -0.772. The van der Waals surface area contributed by atoms with E-state index in [2.05, 4.69) is 9.97 Å². The van der Waals surface area contributed by atoms with Gasteiger partial charge in [-0.15, -0.1) is 0 Å². The fraction of sp³-hybridized carbons (Fsp3) is 0.667. The van der Waals surface area contributed by atoms with Gasteiger partial charge in [-0.3, -0.25) is 4.21 Å². The van der Waals surface area contributed by atoms with Crippen LogP contribution in [0.5, 0.6) is 0 Å². The molecular weight excluding hydrogens is 236 g/mol. The molecule has 0 saturated carbocycles. The van der Waals surface area contributed by atoms with Crippen LogP contribution in [0.2, 0.25) is 0 Å². The quantitative estimate of drug-likeness (QED) is 0.813. The van der Waals surface area contributed by atoms with Crippen molar-refractivity contribution in [1.82, 2.24) is 9.97 Å². The molecule has 0 aliphatic carbocycles. The van der Waals surface area contributed by atoms with E-state index in [1.54, 1.807) is 18.5 Å². The summed E-state index contributed by atoms with van der Waals surface area (Å²) >= 11 is 0. The number of rotatable bonds is 1. The Kier molecular flexibility index (Phi) is 2.75. The van der Waals surface area contributed by atoms with Crippen LogP contribution in [0.1, 0.15) is 37.9 Å². The van der Waals surface area contributed by atoms with Gasteiger partial charge in [-0.1, -0.05) is 6.42 Å². The predicted octanol–water partition coefficient (Wildman–Crippen LogP) is 1.13. The van der Waals surface area contributed by atoms with Crippen LogP contribution in [0.25, 0.3) is 0 Å². The van der Waals surface area contributed by atoms with Crippen molar-refractivity contribution in [3.8, 4) is 0 Å². The minimum Gasteiger partial charge on any atom is -0.382 e. The molecule has 2 bridgehead atoms. The van der Waals surface area contributed by atoms with Crippen LogP contribution < -0.4 is 0 Å². The van der Waals surface area contributed by atoms with E-state index in [0.717, 1.165) is 19.3 Å². The third kappa shape index (κ3) is 1.91. The predicted molar refractivity (Wildman–Crippen MR) is 64.7 cm³/mol. The van der Waals surface area contributed by atoms with E-state index < -0.39 is 16.4 Å². The molecular formula is C12H16N2O2S. The highest BCUT2D eigenvalue weighted by atomic mass is 32.2. The maximum atomic E-state index is 12.1. The average Bonchev–Trinajstić information content (AvgIpc) is 2.33. The van der Waals surface area contributed by atoms with Gasteiger partial charge < -0.3 is 5.11 Å². The minimum absolute atomic E-state index is 0.122. The molecule has 2 atom stereocenters. The molecule has 0 spiro atoms. The molecule has 3 heterocycles. The number of hydrogen-bond donors (Lipinski definition) is 1. The summed E-state index contributed by atoms with van der Waals surface area (Å²) in [5.41, 5.74) is -0.967. The Labute approximate surface area is 103 Å². The molecule has 2 saturated heterocycles. The first-order chi connectivity index (χ1) is 8.19. The van der Waals surface area contributed by atoms with Crippen molar-refractivity contribution >= 4 is 10.8 Å². The summed E-state index contributed by atoms with van der Waals surface area (Å²) in [5.74, 6) is 0.494. The normalized spacial score (nSPS) is 41.1. The van der Waals surface area contributed by atoms with Gasteiger partial charge in [-0.05, 0) is 31.7 Å². The fourth-order valence-corrected chi connectivity index (χ4v) is 5.23. The maximum Gasteiger partial charge on any atom is 0.160 e. The van der Waals surface area contributed by atoms with Crippen LogP contribution in [0.4, 0.5) is 0 Å². The van der Waals surface area contributed by atoms with Gasteiger partial charge in [0.1, 0.15) is 5.60 Å². The van der Waals surface area contributed by atoms with Crippen molar-refractivity contribution in [2.45, 2.75) is 48.2 Å². The first-order valence-electron chi connectivity index (χ1n) is 6.08. The molecule has 5 heteroatoms. The molecule has 3 rings (SSSR count). The number of aromatic nitrogens is 2. The van der Waals surface area contributed by atoms with Crippen LogP contribution in [-0.4, -0.2) is 29.8 Å². The zero-order valence-corrected chi connectivity index (χ0v) is 10.4. The van der Waals surface area contributed by atoms with Crippen LogP contribution in [0, 0.1) is 0 Å². The summed E-state index contributed by atoms with van der Waals surface area (Å²) in [6.45, 7) is 0. The molecule has 2 aliphatic rings. The van der Waals surface area contributed by atoms with Gasteiger partial charge in [0.2, 0.25) is 0 Å². The smallest absolute Gasteiger partial charge is 0.160 e. The molecule has 2 aliphatic heterocycles. The third-order valence-corrected chi connectivity index (χ3v) is 5.94. The molecule has 2 unspecified atom stereocenters. The van der Waals surface area contributed by atoms with Crippen molar-refractivity contribution in [1.29, 1.82) is 0 Å². The molecule has 0 radical (unpaired) electrons. The van der Waals surface area contributed by atoms with Gasteiger partial charge >= 0.3 is 0 Å². The SMILES string of the molecule is O=S1C2CCCC1CC(O)(c1ncccn1)C2. The lowest BCUT2D eigenvalue weighted by atomic mass is 9.85. The highest BCUT2D eigenvalue weighted by molar-refractivity contribution is 7.86. The third-order valence-electron chi connectivity index (χ3n) is 3.82. The molecule has 92 valence electrons. The lowest BCUT2D eigenvalue weighted by molar-refractivity contribution is -0.00189. The summed E-state index contributed by atoms with van der Waals surface area (Å²) in [4.78, 5) is 8.33. The molecule has 17 heavy (non-hydrogen) atoms. The van der Waals surface area contributed by atoms with E-state index in [4.69, 9.17) is 0 Å². The second-order valence-corrected chi connectivity index (χ2v) is 7.01. The lowest BCUT2D eigenvalue weighted by Crippen LogP contribution is -2.48. The number of hydrogen-bond acceptors (Lipinski definition) is 4. The summed E-state index contributed by atoms with van der Waals surface area (Å²) in [5, 5.41) is 10.9. The Hall–Kier alpha value is -0.810. The zero-order valence-electron chi connectivity index (χ0n) is 9.58. The Balaban J connectivity index is 1.92. The van der Waals surface area contributed by atoms with E-state index >= 15 is 0 Å². The molecule has 0 amide bonds. The number of nitrogens with zero attached hydrogens (tertiary/aromatic N) is 2. The molecule has 0 aromatic carbocycles. The Bertz CT molecular complexity index is 421. The van der Waals surface area contributed by atoms with E-state index in [1.165, 1.54) is 0 Å². The van der Waals surface area contributed by atoms with Crippen molar-refractivity contribution in [3.63, 3.8) is 0 Å². The highest BCUT2D eigenvalue weighted by Gasteiger charge is 2.47. The van der Waals surface area contributed by atoms with Crippen molar-refractivity contribution in [3.05, 3.63) is 24.3 Å². The molecule has 2 fully saturated rings. The average molecular weight is 252 g/mol. The summed E-state index contributed by atoms with van der Waals surface area (Å²) in [6, 6.07) is 1.74. The van der Waals surface area contributed by atoms with Crippen LogP contribution in [0.3, 0.4) is 0 Å². The fourth-order valence-electron chi connectivity index (χ4n) is 3.00. The lowest BCUT2D eigenvalue weighted by Gasteiger charge is -2.42. The van der Waals surface area contributed by atoms with E-state index in [9.17, 15) is 9.32 Å². The Morgan fingerprint density at radius 1 is 1.24 bits per heavy atom. The van der Waals surface area contributed by atoms with Gasteiger partial charge in [0, 0.05) is 33.7 Å². The Morgan fingerprint density at radius 2 is 1.82 bits per heavy atom. The minimum atomic E-state index is -0.967. The number of aliphatic hydroxyl groups is 1. The van der Waals surface area contributed by atoms with Gasteiger partial charge in [0.25, 0.3) is 0 Å².